The molecule has 0 spiro atoms. The van der Waals surface area contributed by atoms with Gasteiger partial charge in [-0.15, -0.1) is 10.2 Å². The van der Waals surface area contributed by atoms with Crippen LogP contribution in [0, 0.1) is 6.92 Å². The summed E-state index contributed by atoms with van der Waals surface area (Å²) in [6.45, 7) is 5.70. The highest BCUT2D eigenvalue weighted by molar-refractivity contribution is 7.99. The van der Waals surface area contributed by atoms with Gasteiger partial charge in [0, 0.05) is 37.9 Å². The van der Waals surface area contributed by atoms with E-state index in [1.165, 1.54) is 17.3 Å². The van der Waals surface area contributed by atoms with Gasteiger partial charge in [-0.3, -0.25) is 4.79 Å². The fourth-order valence-corrected chi connectivity index (χ4v) is 4.54. The van der Waals surface area contributed by atoms with Gasteiger partial charge in [-0.1, -0.05) is 48.2 Å². The van der Waals surface area contributed by atoms with Gasteiger partial charge in [-0.05, 0) is 24.6 Å². The maximum absolute atomic E-state index is 12.8. The molecule has 1 aromatic heterocycles. The van der Waals surface area contributed by atoms with E-state index in [1.807, 2.05) is 48.2 Å². The molecule has 1 fully saturated rings. The molecule has 0 atom stereocenters. The molecule has 0 bridgehead atoms. The smallest absolute Gasteiger partial charge is 0.233 e. The molecular weight excluding hydrogens is 410 g/mol. The number of ether oxygens (including phenoxy) is 1. The Morgan fingerprint density at radius 3 is 2.55 bits per heavy atom. The van der Waals surface area contributed by atoms with Gasteiger partial charge in [0.25, 0.3) is 0 Å². The Hall–Kier alpha value is -3.00. The van der Waals surface area contributed by atoms with Crippen LogP contribution in [0.2, 0.25) is 0 Å². The van der Waals surface area contributed by atoms with E-state index in [0.717, 1.165) is 35.5 Å². The predicted molar refractivity (Wildman–Crippen MR) is 123 cm³/mol. The van der Waals surface area contributed by atoms with Gasteiger partial charge >= 0.3 is 0 Å². The highest BCUT2D eigenvalue weighted by Crippen LogP contribution is 2.23. The van der Waals surface area contributed by atoms with Crippen molar-refractivity contribution in [3.63, 3.8) is 0 Å². The van der Waals surface area contributed by atoms with E-state index in [9.17, 15) is 4.79 Å². The molecule has 2 aromatic carbocycles. The molecule has 0 N–H and O–H groups in total. The molecule has 162 valence electrons. The molecule has 0 unspecified atom stereocenters. The van der Waals surface area contributed by atoms with Gasteiger partial charge in [0.05, 0.1) is 19.4 Å². The Morgan fingerprint density at radius 2 is 1.81 bits per heavy atom. The minimum atomic E-state index is 0.141. The zero-order chi connectivity index (χ0) is 21.6. The summed E-state index contributed by atoms with van der Waals surface area (Å²) in [5.41, 5.74) is 2.32. The van der Waals surface area contributed by atoms with Crippen molar-refractivity contribution in [2.75, 3.05) is 43.9 Å². The standard InChI is InChI=1S/C23H27N5O2S/c1-18-24-25-23(28(18)16-19-7-4-3-5-8-19)31-17-22(29)27-13-11-26(12-14-27)20-9-6-10-21(15-20)30-2/h3-10,15H,11-14,16-17H2,1-2H3. The topological polar surface area (TPSA) is 63.5 Å². The molecule has 0 aliphatic carbocycles. The number of methoxy groups -OCH3 is 1. The average molecular weight is 438 g/mol. The number of anilines is 1. The minimum Gasteiger partial charge on any atom is -0.497 e. The Bertz CT molecular complexity index is 1020. The molecule has 3 aromatic rings. The summed E-state index contributed by atoms with van der Waals surface area (Å²) in [6.07, 6.45) is 0. The van der Waals surface area contributed by atoms with Gasteiger partial charge in [0.2, 0.25) is 5.91 Å². The Balaban J connectivity index is 1.31. The zero-order valence-corrected chi connectivity index (χ0v) is 18.7. The van der Waals surface area contributed by atoms with Crippen molar-refractivity contribution >= 4 is 23.4 Å². The fourth-order valence-electron chi connectivity index (χ4n) is 3.66. The highest BCUT2D eigenvalue weighted by atomic mass is 32.2. The lowest BCUT2D eigenvalue weighted by Gasteiger charge is -2.36. The van der Waals surface area contributed by atoms with Crippen molar-refractivity contribution in [2.45, 2.75) is 18.6 Å². The van der Waals surface area contributed by atoms with E-state index >= 15 is 0 Å². The molecule has 1 aliphatic heterocycles. The summed E-state index contributed by atoms with van der Waals surface area (Å²) in [5.74, 6) is 2.21. The Labute approximate surface area is 187 Å². The third-order valence-electron chi connectivity index (χ3n) is 5.46. The van der Waals surface area contributed by atoms with Crippen LogP contribution >= 0.6 is 11.8 Å². The minimum absolute atomic E-state index is 0.141. The van der Waals surface area contributed by atoms with Crippen LogP contribution in [-0.4, -0.2) is 64.6 Å². The molecule has 1 aliphatic rings. The summed E-state index contributed by atoms with van der Waals surface area (Å²) >= 11 is 1.46. The van der Waals surface area contributed by atoms with Crippen molar-refractivity contribution < 1.29 is 9.53 Å². The second-order valence-corrected chi connectivity index (χ2v) is 8.40. The van der Waals surface area contributed by atoms with Gasteiger partial charge < -0.3 is 19.1 Å². The number of thioether (sulfide) groups is 1. The highest BCUT2D eigenvalue weighted by Gasteiger charge is 2.22. The Morgan fingerprint density at radius 1 is 1.03 bits per heavy atom. The first-order chi connectivity index (χ1) is 15.1. The molecule has 7 nitrogen and oxygen atoms in total. The predicted octanol–water partition coefficient (Wildman–Crippen LogP) is 3.08. The number of amides is 1. The van der Waals surface area contributed by atoms with E-state index in [0.29, 0.717) is 25.4 Å². The van der Waals surface area contributed by atoms with Crippen LogP contribution in [0.1, 0.15) is 11.4 Å². The molecule has 1 amide bonds. The summed E-state index contributed by atoms with van der Waals surface area (Å²) < 4.78 is 7.38. The summed E-state index contributed by atoms with van der Waals surface area (Å²) in [6, 6.07) is 18.3. The van der Waals surface area contributed by atoms with Crippen LogP contribution in [0.4, 0.5) is 5.69 Å². The van der Waals surface area contributed by atoms with Gasteiger partial charge in [-0.25, -0.2) is 0 Å². The number of carbonyl (C=O) groups is 1. The van der Waals surface area contributed by atoms with Crippen molar-refractivity contribution in [1.82, 2.24) is 19.7 Å². The van der Waals surface area contributed by atoms with Crippen LogP contribution in [0.25, 0.3) is 0 Å². The maximum atomic E-state index is 12.8. The molecule has 8 heteroatoms. The van der Waals surface area contributed by atoms with E-state index < -0.39 is 0 Å². The molecule has 31 heavy (non-hydrogen) atoms. The number of aryl methyl sites for hydroxylation is 1. The zero-order valence-electron chi connectivity index (χ0n) is 17.9. The van der Waals surface area contributed by atoms with Crippen molar-refractivity contribution in [3.05, 3.63) is 66.0 Å². The summed E-state index contributed by atoms with van der Waals surface area (Å²) in [4.78, 5) is 17.0. The number of carbonyl (C=O) groups excluding carboxylic acids is 1. The number of piperazine rings is 1. The number of aromatic nitrogens is 3. The van der Waals surface area contributed by atoms with E-state index in [2.05, 4.69) is 37.9 Å². The first kappa shape index (κ1) is 21.2. The quantitative estimate of drug-likeness (QED) is 0.530. The number of hydrogen-bond acceptors (Lipinski definition) is 6. The van der Waals surface area contributed by atoms with E-state index in [1.54, 1.807) is 7.11 Å². The third-order valence-corrected chi connectivity index (χ3v) is 6.41. The molecule has 2 heterocycles. The number of rotatable bonds is 7. The molecular formula is C23H27N5O2S. The first-order valence-electron chi connectivity index (χ1n) is 10.4. The molecule has 4 rings (SSSR count). The van der Waals surface area contributed by atoms with Crippen LogP contribution in [0.5, 0.6) is 5.75 Å². The normalized spacial score (nSPS) is 14.0. The first-order valence-corrected chi connectivity index (χ1v) is 11.4. The van der Waals surface area contributed by atoms with Gasteiger partial charge in [0.1, 0.15) is 11.6 Å². The monoisotopic (exact) mass is 437 g/mol. The largest absolute Gasteiger partial charge is 0.497 e. The van der Waals surface area contributed by atoms with E-state index in [4.69, 9.17) is 4.74 Å². The maximum Gasteiger partial charge on any atom is 0.233 e. The lowest BCUT2D eigenvalue weighted by atomic mass is 10.2. The van der Waals surface area contributed by atoms with Crippen molar-refractivity contribution in [1.29, 1.82) is 0 Å². The van der Waals surface area contributed by atoms with Crippen LogP contribution in [-0.2, 0) is 11.3 Å². The lowest BCUT2D eigenvalue weighted by Crippen LogP contribution is -2.49. The summed E-state index contributed by atoms with van der Waals surface area (Å²) in [7, 11) is 1.68. The lowest BCUT2D eigenvalue weighted by molar-refractivity contribution is -0.128. The second-order valence-electron chi connectivity index (χ2n) is 7.46. The van der Waals surface area contributed by atoms with Crippen LogP contribution in [0.3, 0.4) is 0 Å². The van der Waals surface area contributed by atoms with Gasteiger partial charge in [0.15, 0.2) is 5.16 Å². The average Bonchev–Trinajstić information content (AvgIpc) is 3.17. The third kappa shape index (κ3) is 5.19. The molecule has 1 saturated heterocycles. The fraction of sp³-hybridized carbons (Fsp3) is 0.348. The van der Waals surface area contributed by atoms with E-state index in [-0.39, 0.29) is 5.91 Å². The Kier molecular flexibility index (Phi) is 6.76. The van der Waals surface area contributed by atoms with Crippen molar-refractivity contribution in [2.24, 2.45) is 0 Å². The van der Waals surface area contributed by atoms with Crippen LogP contribution < -0.4 is 9.64 Å². The summed E-state index contributed by atoms with van der Waals surface area (Å²) in [5, 5.41) is 9.28. The second kappa shape index (κ2) is 9.87. The van der Waals surface area contributed by atoms with Crippen LogP contribution in [0.15, 0.2) is 59.8 Å². The molecule has 0 radical (unpaired) electrons. The SMILES string of the molecule is COc1cccc(N2CCN(C(=O)CSc3nnc(C)n3Cc3ccccc3)CC2)c1. The van der Waals surface area contributed by atoms with Gasteiger partial charge in [-0.2, -0.15) is 0 Å². The number of hydrogen-bond donors (Lipinski definition) is 0. The number of nitrogens with zero attached hydrogens (tertiary/aromatic N) is 5. The van der Waals surface area contributed by atoms with Crippen molar-refractivity contribution in [3.8, 4) is 5.75 Å². The number of benzene rings is 2. The molecule has 0 saturated carbocycles.